The molecule has 1 heterocycles. The van der Waals surface area contributed by atoms with E-state index in [0.717, 1.165) is 24.9 Å². The highest BCUT2D eigenvalue weighted by Crippen LogP contribution is 2.29. The van der Waals surface area contributed by atoms with Crippen LogP contribution in [0.4, 0.5) is 16.2 Å². The van der Waals surface area contributed by atoms with Gasteiger partial charge < -0.3 is 39.3 Å². The van der Waals surface area contributed by atoms with Crippen molar-refractivity contribution in [2.24, 2.45) is 5.92 Å². The van der Waals surface area contributed by atoms with Crippen LogP contribution in [0.5, 0.6) is 11.5 Å². The van der Waals surface area contributed by atoms with Crippen LogP contribution in [0.15, 0.2) is 42.5 Å². The number of carbonyl (C=O) groups excluding carboxylic acids is 2. The minimum absolute atomic E-state index is 0.0871. The third kappa shape index (κ3) is 9.00. The second-order valence-corrected chi connectivity index (χ2v) is 11.4. The number of anilines is 2. The molecule has 0 saturated carbocycles. The maximum Gasteiger partial charge on any atom is 0.321 e. The Bertz CT molecular complexity index is 1160. The number of hydrogen-bond donors (Lipinski definition) is 2. The molecule has 0 spiro atoms. The van der Waals surface area contributed by atoms with Crippen molar-refractivity contribution in [1.29, 1.82) is 0 Å². The van der Waals surface area contributed by atoms with E-state index in [1.165, 1.54) is 0 Å². The zero-order valence-corrected chi connectivity index (χ0v) is 26.1. The zero-order chi connectivity index (χ0) is 30.8. The fourth-order valence-electron chi connectivity index (χ4n) is 4.90. The van der Waals surface area contributed by atoms with Gasteiger partial charge in [0.1, 0.15) is 11.5 Å². The summed E-state index contributed by atoms with van der Waals surface area (Å²) in [5.74, 6) is 0.903. The lowest BCUT2D eigenvalue weighted by atomic mass is 10.0. The molecule has 4 atom stereocenters. The van der Waals surface area contributed by atoms with Gasteiger partial charge in [-0.2, -0.15) is 0 Å². The minimum atomic E-state index is -0.433. The van der Waals surface area contributed by atoms with Crippen molar-refractivity contribution in [3.8, 4) is 11.5 Å². The number of aliphatic hydroxyl groups excluding tert-OH is 1. The minimum Gasteiger partial charge on any atom is -0.497 e. The van der Waals surface area contributed by atoms with E-state index >= 15 is 0 Å². The Morgan fingerprint density at radius 1 is 1.14 bits per heavy atom. The molecule has 2 aromatic carbocycles. The molecular weight excluding hydrogens is 536 g/mol. The Morgan fingerprint density at radius 3 is 2.50 bits per heavy atom. The van der Waals surface area contributed by atoms with Gasteiger partial charge >= 0.3 is 6.03 Å². The van der Waals surface area contributed by atoms with Gasteiger partial charge in [-0.3, -0.25) is 4.79 Å². The molecule has 0 bridgehead atoms. The predicted molar refractivity (Wildman–Crippen MR) is 166 cm³/mol. The molecule has 3 rings (SSSR count). The van der Waals surface area contributed by atoms with Gasteiger partial charge in [0.25, 0.3) is 5.91 Å². The van der Waals surface area contributed by atoms with Gasteiger partial charge in [-0.1, -0.05) is 6.92 Å². The molecule has 2 N–H and O–H groups in total. The van der Waals surface area contributed by atoms with Gasteiger partial charge in [-0.25, -0.2) is 4.79 Å². The fourth-order valence-corrected chi connectivity index (χ4v) is 4.90. The van der Waals surface area contributed by atoms with Crippen molar-refractivity contribution in [3.63, 3.8) is 0 Å². The lowest BCUT2D eigenvalue weighted by molar-refractivity contribution is -0.0115. The number of ether oxygens (including phenoxy) is 3. The Balaban J connectivity index is 1.86. The number of nitrogens with zero attached hydrogens (tertiary/aromatic N) is 3. The van der Waals surface area contributed by atoms with Gasteiger partial charge in [0.15, 0.2) is 0 Å². The van der Waals surface area contributed by atoms with Crippen molar-refractivity contribution in [1.82, 2.24) is 9.80 Å². The summed E-state index contributed by atoms with van der Waals surface area (Å²) >= 11 is 0. The van der Waals surface area contributed by atoms with Crippen molar-refractivity contribution in [3.05, 3.63) is 48.0 Å². The third-order valence-corrected chi connectivity index (χ3v) is 7.69. The highest BCUT2D eigenvalue weighted by atomic mass is 16.5. The number of methoxy groups -OCH3 is 1. The van der Waals surface area contributed by atoms with Gasteiger partial charge in [-0.15, -0.1) is 0 Å². The quantitative estimate of drug-likeness (QED) is 0.485. The largest absolute Gasteiger partial charge is 0.497 e. The molecule has 232 valence electrons. The van der Waals surface area contributed by atoms with Crippen LogP contribution in [0.2, 0.25) is 0 Å². The molecule has 0 saturated heterocycles. The van der Waals surface area contributed by atoms with E-state index in [4.69, 9.17) is 14.2 Å². The molecule has 1 aliphatic heterocycles. The van der Waals surface area contributed by atoms with Crippen LogP contribution < -0.4 is 19.7 Å². The molecule has 2 aromatic rings. The van der Waals surface area contributed by atoms with E-state index in [2.05, 4.69) is 5.32 Å². The molecule has 42 heavy (non-hydrogen) atoms. The van der Waals surface area contributed by atoms with E-state index < -0.39 is 6.04 Å². The Labute approximate surface area is 250 Å². The first-order chi connectivity index (χ1) is 20.0. The number of aliphatic hydroxyl groups is 1. The molecule has 0 aliphatic carbocycles. The monoisotopic (exact) mass is 584 g/mol. The molecule has 1 aliphatic rings. The summed E-state index contributed by atoms with van der Waals surface area (Å²) in [5.41, 5.74) is 2.01. The second kappa shape index (κ2) is 15.7. The van der Waals surface area contributed by atoms with Crippen molar-refractivity contribution < 1.29 is 28.9 Å². The summed E-state index contributed by atoms with van der Waals surface area (Å²) in [5, 5.41) is 13.0. The number of benzene rings is 2. The first-order valence-corrected chi connectivity index (χ1v) is 14.7. The van der Waals surface area contributed by atoms with E-state index in [1.807, 2.05) is 58.0 Å². The lowest BCUT2D eigenvalue weighted by Crippen LogP contribution is -2.48. The summed E-state index contributed by atoms with van der Waals surface area (Å²) in [6.07, 6.45) is 2.15. The van der Waals surface area contributed by atoms with Gasteiger partial charge in [0.05, 0.1) is 37.5 Å². The molecule has 0 aromatic heterocycles. The molecule has 3 amide bonds. The number of likely N-dealkylation sites (N-methyl/N-ethyl adjacent to an activating group) is 1. The maximum absolute atomic E-state index is 14.1. The van der Waals surface area contributed by atoms with Crippen LogP contribution in [0.1, 0.15) is 50.4 Å². The van der Waals surface area contributed by atoms with Crippen molar-refractivity contribution in [2.45, 2.75) is 58.3 Å². The highest BCUT2D eigenvalue weighted by molar-refractivity contribution is 5.98. The number of hydrogen-bond acceptors (Lipinski definition) is 7. The first kappa shape index (κ1) is 33.0. The first-order valence-electron chi connectivity index (χ1n) is 14.7. The summed E-state index contributed by atoms with van der Waals surface area (Å²) < 4.78 is 17.8. The number of nitrogens with one attached hydrogen (secondary N) is 1. The number of carbonyl (C=O) groups is 2. The molecule has 10 nitrogen and oxygen atoms in total. The van der Waals surface area contributed by atoms with Crippen LogP contribution in [-0.4, -0.2) is 99.7 Å². The van der Waals surface area contributed by atoms with Crippen LogP contribution in [0, 0.1) is 5.92 Å². The lowest BCUT2D eigenvalue weighted by Gasteiger charge is -2.36. The summed E-state index contributed by atoms with van der Waals surface area (Å²) in [6.45, 7) is 6.87. The van der Waals surface area contributed by atoms with Crippen molar-refractivity contribution >= 4 is 23.3 Å². The summed E-state index contributed by atoms with van der Waals surface area (Å²) in [4.78, 5) is 32.4. The Morgan fingerprint density at radius 2 is 1.86 bits per heavy atom. The van der Waals surface area contributed by atoms with Crippen LogP contribution >= 0.6 is 0 Å². The molecular formula is C32H48N4O6. The Hall–Kier alpha value is -3.50. The van der Waals surface area contributed by atoms with E-state index in [-0.39, 0.29) is 36.7 Å². The van der Waals surface area contributed by atoms with E-state index in [0.29, 0.717) is 42.4 Å². The third-order valence-electron chi connectivity index (χ3n) is 7.69. The number of rotatable bonds is 7. The van der Waals surface area contributed by atoms with Crippen molar-refractivity contribution in [2.75, 3.05) is 64.8 Å². The number of urea groups is 1. The average molecular weight is 585 g/mol. The molecule has 0 radical (unpaired) electrons. The molecule has 0 unspecified atom stereocenters. The average Bonchev–Trinajstić information content (AvgIpc) is 2.98. The predicted octanol–water partition coefficient (Wildman–Crippen LogP) is 4.72. The maximum atomic E-state index is 14.1. The molecule has 10 heteroatoms. The summed E-state index contributed by atoms with van der Waals surface area (Å²) in [6, 6.07) is 12.1. The topological polar surface area (TPSA) is 104 Å². The van der Waals surface area contributed by atoms with Crippen LogP contribution in [0.3, 0.4) is 0 Å². The van der Waals surface area contributed by atoms with Crippen LogP contribution in [0.25, 0.3) is 0 Å². The fraction of sp³-hybridized carbons (Fsp3) is 0.562. The van der Waals surface area contributed by atoms with Gasteiger partial charge in [0.2, 0.25) is 0 Å². The highest BCUT2D eigenvalue weighted by Gasteiger charge is 2.31. The van der Waals surface area contributed by atoms with E-state index in [1.54, 1.807) is 48.2 Å². The van der Waals surface area contributed by atoms with Crippen LogP contribution in [-0.2, 0) is 4.74 Å². The zero-order valence-electron chi connectivity index (χ0n) is 26.1. The normalized spacial score (nSPS) is 20.9. The van der Waals surface area contributed by atoms with Gasteiger partial charge in [0, 0.05) is 58.1 Å². The standard InChI is InChI=1S/C32H48N4O6/c1-22-19-36(23(2)21-37)31(38)28-18-26(34(4)5)13-16-29(28)42-24(3)10-8-9-17-41-30(22)20-35(6)32(39)33-25-11-14-27(40-7)15-12-25/h11-16,18,22-24,30,37H,8-10,17,19-21H2,1-7H3,(H,33,39)/t22-,23+,24+,30+/m0/s1. The summed E-state index contributed by atoms with van der Waals surface area (Å²) in [7, 11) is 7.19. The number of fused-ring (bicyclic) bond motifs is 1. The molecule has 0 fully saturated rings. The number of amides is 3. The second-order valence-electron chi connectivity index (χ2n) is 11.4. The Kier molecular flexibility index (Phi) is 12.3. The smallest absolute Gasteiger partial charge is 0.321 e. The van der Waals surface area contributed by atoms with E-state index in [9.17, 15) is 14.7 Å². The van der Waals surface area contributed by atoms with Gasteiger partial charge in [-0.05, 0) is 75.6 Å². The SMILES string of the molecule is COc1ccc(NC(=O)N(C)C[C@H]2OCCCC[C@@H](C)Oc3ccc(N(C)C)cc3C(=O)N([C@H](C)CO)C[C@@H]2C)cc1.